The molecule has 62 heavy (non-hydrogen) atoms. The molecule has 5 heterocycles. The van der Waals surface area contributed by atoms with Gasteiger partial charge in [-0.15, -0.1) is 22.7 Å². The first kappa shape index (κ1) is 41.8. The van der Waals surface area contributed by atoms with Crippen molar-refractivity contribution < 1.29 is 14.4 Å². The van der Waals surface area contributed by atoms with Crippen LogP contribution in [0.4, 0.5) is 0 Å². The van der Waals surface area contributed by atoms with Gasteiger partial charge in [0.1, 0.15) is 16.1 Å². The molecule has 3 amide bonds. The minimum Gasteiger partial charge on any atom is -0.341 e. The number of benzene rings is 4. The Balaban J connectivity index is 0.825. The Bertz CT molecular complexity index is 2430. The van der Waals surface area contributed by atoms with Crippen LogP contribution < -0.4 is 5.32 Å². The lowest BCUT2D eigenvalue weighted by Crippen LogP contribution is -2.42. The van der Waals surface area contributed by atoms with Crippen molar-refractivity contribution in [1.82, 2.24) is 30.0 Å². The molecule has 0 unspecified atom stereocenters. The molecule has 9 nitrogen and oxygen atoms in total. The number of likely N-dealkylation sites (tertiary alicyclic amines) is 3. The lowest BCUT2D eigenvalue weighted by atomic mass is 10.0. The van der Waals surface area contributed by atoms with Crippen LogP contribution in [-0.4, -0.2) is 75.1 Å². The number of rotatable bonds is 14. The Hall–Kier alpha value is -5.49. The molecular weight excluding hydrogens is 809 g/mol. The van der Waals surface area contributed by atoms with E-state index in [1.807, 2.05) is 82.9 Å². The van der Waals surface area contributed by atoms with E-state index in [2.05, 4.69) is 58.7 Å². The van der Waals surface area contributed by atoms with E-state index >= 15 is 0 Å². The van der Waals surface area contributed by atoms with Gasteiger partial charge in [-0.25, -0.2) is 9.97 Å². The number of carbonyl (C=O) groups is 3. The number of hydrogen-bond acceptors (Lipinski definition) is 8. The number of piperidine rings is 1. The largest absolute Gasteiger partial charge is 0.341 e. The molecule has 0 bridgehead atoms. The van der Waals surface area contributed by atoms with Gasteiger partial charge in [-0.3, -0.25) is 14.4 Å². The van der Waals surface area contributed by atoms with Crippen molar-refractivity contribution in [3.63, 3.8) is 0 Å². The molecule has 3 aliphatic heterocycles. The van der Waals surface area contributed by atoms with Crippen LogP contribution >= 0.6 is 22.7 Å². The van der Waals surface area contributed by atoms with E-state index in [9.17, 15) is 14.4 Å². The first-order valence-corrected chi connectivity index (χ1v) is 23.9. The van der Waals surface area contributed by atoms with Gasteiger partial charge in [-0.2, -0.15) is 0 Å². The number of aromatic nitrogens is 2. The fourth-order valence-electron chi connectivity index (χ4n) is 9.26. The zero-order valence-electron chi connectivity index (χ0n) is 35.2. The lowest BCUT2D eigenvalue weighted by molar-refractivity contribution is -0.137. The molecule has 0 saturated carbocycles. The highest BCUT2D eigenvalue weighted by Gasteiger charge is 2.37. The van der Waals surface area contributed by atoms with Crippen molar-refractivity contribution in [2.45, 2.75) is 82.3 Å². The van der Waals surface area contributed by atoms with Gasteiger partial charge in [0, 0.05) is 31.9 Å². The first-order chi connectivity index (χ1) is 30.5. The normalized spacial score (nSPS) is 18.5. The number of nitrogens with zero attached hydrogens (tertiary/aromatic N) is 5. The molecular formula is C51H54N6O3S2. The van der Waals surface area contributed by atoms with Crippen LogP contribution in [0.1, 0.15) is 97.1 Å². The van der Waals surface area contributed by atoms with Gasteiger partial charge in [-0.1, -0.05) is 116 Å². The highest BCUT2D eigenvalue weighted by Crippen LogP contribution is 2.40. The second-order valence-corrected chi connectivity index (χ2v) is 18.9. The third-order valence-electron chi connectivity index (χ3n) is 12.6. The minimum atomic E-state index is -0.732. The lowest BCUT2D eigenvalue weighted by Gasteiger charge is -2.29. The van der Waals surface area contributed by atoms with Crippen LogP contribution in [0.25, 0.3) is 32.0 Å². The molecule has 1 N–H and O–H groups in total. The summed E-state index contributed by atoms with van der Waals surface area (Å²) in [5.41, 5.74) is 6.31. The van der Waals surface area contributed by atoms with Gasteiger partial charge in [-0.05, 0) is 98.0 Å². The van der Waals surface area contributed by atoms with Crippen LogP contribution in [0.5, 0.6) is 0 Å². The standard InChI is InChI=1S/C51H54N6O3S2/c58-46(19-12-30-55-28-8-3-9-29-55)54-48(41-15-6-2-7-16-41)51(60)57-32-11-18-43(57)50-53-35-45(62-50)40-26-22-38(23-27-40)37-20-24-39(25-21-37)44-34-52-49(61-44)42-17-10-31-56(42)47(59)33-36-13-4-1-5-14-36/h1-2,4-7,13-16,20-27,34-35,42-43,48H,3,8-12,17-19,28-33H2,(H,54,58)/t42-,43-,48+/m0/s1. The molecule has 2 aromatic heterocycles. The fourth-order valence-corrected chi connectivity index (χ4v) is 11.4. The summed E-state index contributed by atoms with van der Waals surface area (Å²) in [7, 11) is 0. The van der Waals surface area contributed by atoms with Crippen molar-refractivity contribution in [3.8, 4) is 32.0 Å². The average molecular weight is 863 g/mol. The van der Waals surface area contributed by atoms with E-state index in [4.69, 9.17) is 9.97 Å². The highest BCUT2D eigenvalue weighted by molar-refractivity contribution is 7.15. The Morgan fingerprint density at radius 3 is 1.74 bits per heavy atom. The molecule has 0 radical (unpaired) electrons. The van der Waals surface area contributed by atoms with Crippen LogP contribution in [0.2, 0.25) is 0 Å². The van der Waals surface area contributed by atoms with Gasteiger partial charge in [0.25, 0.3) is 0 Å². The summed E-state index contributed by atoms with van der Waals surface area (Å²) >= 11 is 3.32. The maximum atomic E-state index is 14.3. The third-order valence-corrected chi connectivity index (χ3v) is 14.9. The summed E-state index contributed by atoms with van der Waals surface area (Å²) in [6.45, 7) is 4.56. The number of amides is 3. The van der Waals surface area contributed by atoms with Crippen molar-refractivity contribution in [2.24, 2.45) is 0 Å². The smallest absolute Gasteiger partial charge is 0.250 e. The summed E-state index contributed by atoms with van der Waals surface area (Å²) in [6, 6.07) is 36.0. The molecule has 4 aromatic carbocycles. The Morgan fingerprint density at radius 1 is 0.613 bits per heavy atom. The minimum absolute atomic E-state index is 0.0343. The molecule has 11 heteroatoms. The van der Waals surface area contributed by atoms with Crippen LogP contribution in [0, 0.1) is 0 Å². The predicted octanol–water partition coefficient (Wildman–Crippen LogP) is 10.3. The van der Waals surface area contributed by atoms with Gasteiger partial charge in [0.2, 0.25) is 17.7 Å². The summed E-state index contributed by atoms with van der Waals surface area (Å²) in [5, 5.41) is 5.06. The molecule has 3 atom stereocenters. The number of carbonyl (C=O) groups excluding carboxylic acids is 3. The second kappa shape index (κ2) is 19.7. The molecule has 3 saturated heterocycles. The van der Waals surface area contributed by atoms with E-state index in [-0.39, 0.29) is 29.8 Å². The predicted molar refractivity (Wildman–Crippen MR) is 248 cm³/mol. The van der Waals surface area contributed by atoms with Gasteiger partial charge < -0.3 is 20.0 Å². The summed E-state index contributed by atoms with van der Waals surface area (Å²) in [4.78, 5) is 59.1. The maximum Gasteiger partial charge on any atom is 0.250 e. The Kier molecular flexibility index (Phi) is 13.3. The molecule has 9 rings (SSSR count). The van der Waals surface area contributed by atoms with E-state index in [0.29, 0.717) is 19.4 Å². The van der Waals surface area contributed by atoms with E-state index in [1.165, 1.54) is 19.3 Å². The molecule has 3 aliphatic rings. The van der Waals surface area contributed by atoms with Crippen LogP contribution in [0.15, 0.2) is 122 Å². The van der Waals surface area contributed by atoms with Gasteiger partial charge in [0.05, 0.1) is 28.3 Å². The first-order valence-electron chi connectivity index (χ1n) is 22.3. The third kappa shape index (κ3) is 9.75. The zero-order valence-corrected chi connectivity index (χ0v) is 36.8. The van der Waals surface area contributed by atoms with E-state index in [1.54, 1.807) is 22.7 Å². The zero-order chi connectivity index (χ0) is 42.3. The number of thiazole rings is 2. The molecule has 0 spiro atoms. The Labute approximate surface area is 372 Å². The van der Waals surface area contributed by atoms with Crippen LogP contribution in [-0.2, 0) is 20.8 Å². The monoisotopic (exact) mass is 862 g/mol. The molecule has 6 aromatic rings. The van der Waals surface area contributed by atoms with Gasteiger partial charge >= 0.3 is 0 Å². The molecule has 318 valence electrons. The quantitative estimate of drug-likeness (QED) is 0.117. The Morgan fingerprint density at radius 2 is 1.15 bits per heavy atom. The van der Waals surface area contributed by atoms with E-state index < -0.39 is 6.04 Å². The number of nitrogens with one attached hydrogen (secondary N) is 1. The van der Waals surface area contributed by atoms with E-state index in [0.717, 1.165) is 111 Å². The molecule has 0 aliphatic carbocycles. The summed E-state index contributed by atoms with van der Waals surface area (Å²) < 4.78 is 0. The summed E-state index contributed by atoms with van der Waals surface area (Å²) in [6.07, 6.45) is 12.9. The SMILES string of the molecule is O=C(CCCN1CCCCC1)N[C@@H](C(=O)N1CCC[C@H]1c1ncc(-c2ccc(-c3ccc(-c4cnc([C@@H]5CCCN5C(=O)Cc5ccccc5)s4)cc3)cc2)s1)c1ccccc1. The number of hydrogen-bond donors (Lipinski definition) is 1. The average Bonchev–Trinajstić information content (AvgIpc) is 4.17. The highest BCUT2D eigenvalue weighted by atomic mass is 32.1. The van der Waals surface area contributed by atoms with Crippen molar-refractivity contribution in [1.29, 1.82) is 0 Å². The van der Waals surface area contributed by atoms with Crippen molar-refractivity contribution >= 4 is 40.4 Å². The second-order valence-electron chi connectivity index (χ2n) is 16.8. The molecule has 3 fully saturated rings. The van der Waals surface area contributed by atoms with Crippen molar-refractivity contribution in [3.05, 3.63) is 143 Å². The van der Waals surface area contributed by atoms with Gasteiger partial charge in [0.15, 0.2) is 0 Å². The topological polar surface area (TPSA) is 98.7 Å². The van der Waals surface area contributed by atoms with Crippen LogP contribution in [0.3, 0.4) is 0 Å². The van der Waals surface area contributed by atoms with Crippen molar-refractivity contribution in [2.75, 3.05) is 32.7 Å². The summed E-state index contributed by atoms with van der Waals surface area (Å²) in [5.74, 6) is 0.0149. The maximum absolute atomic E-state index is 14.3. The fraction of sp³-hybridized carbons (Fsp3) is 0.353.